The van der Waals surface area contributed by atoms with E-state index in [-0.39, 0.29) is 19.1 Å². The van der Waals surface area contributed by atoms with Gasteiger partial charge in [-0.1, -0.05) is 12.1 Å². The lowest BCUT2D eigenvalue weighted by atomic mass is 9.90. The molecule has 1 amide bonds. The number of amides is 1. The van der Waals surface area contributed by atoms with E-state index in [1.165, 1.54) is 0 Å². The van der Waals surface area contributed by atoms with Crippen molar-refractivity contribution < 1.29 is 19.0 Å². The molecule has 190 valence electrons. The number of morpholine rings is 1. The number of ether oxygens (including phenoxy) is 3. The Hall–Kier alpha value is -3.73. The highest BCUT2D eigenvalue weighted by Crippen LogP contribution is 2.36. The quantitative estimate of drug-likeness (QED) is 0.454. The number of nitrogens with one attached hydrogen (secondary N) is 1. The fourth-order valence-corrected chi connectivity index (χ4v) is 4.73. The van der Waals surface area contributed by atoms with Crippen LogP contribution < -0.4 is 0 Å². The number of aromatic nitrogens is 5. The average molecular weight is 501 g/mol. The third-order valence-corrected chi connectivity index (χ3v) is 6.75. The minimum atomic E-state index is -0.763. The second-order valence-electron chi connectivity index (χ2n) is 9.69. The van der Waals surface area contributed by atoms with Gasteiger partial charge in [0.15, 0.2) is 5.82 Å². The number of fused-ring (bicyclic) bond motifs is 1. The molecule has 2 aliphatic rings. The number of hydrogen-bond donors (Lipinski definition) is 1. The molecule has 3 aromatic heterocycles. The van der Waals surface area contributed by atoms with E-state index in [1.807, 2.05) is 55.1 Å². The Morgan fingerprint density at radius 2 is 1.78 bits per heavy atom. The molecule has 2 saturated heterocycles. The lowest BCUT2D eigenvalue weighted by molar-refractivity contribution is -0.235. The molecule has 0 radical (unpaired) electrons. The summed E-state index contributed by atoms with van der Waals surface area (Å²) in [6, 6.07) is 11.7. The van der Waals surface area contributed by atoms with Gasteiger partial charge in [-0.15, -0.1) is 0 Å². The van der Waals surface area contributed by atoms with Gasteiger partial charge in [0.1, 0.15) is 0 Å². The molecule has 2 aliphatic heterocycles. The molecule has 10 heteroatoms. The predicted octanol–water partition coefficient (Wildman–Crippen LogP) is 3.30. The van der Waals surface area contributed by atoms with Crippen LogP contribution in [0.25, 0.3) is 33.7 Å². The van der Waals surface area contributed by atoms with Crippen LogP contribution in [0.15, 0.2) is 48.8 Å². The molecular formula is C27H28N6O4. The normalized spacial score (nSPS) is 22.3. The molecule has 10 nitrogen and oxygen atoms in total. The molecule has 0 bridgehead atoms. The van der Waals surface area contributed by atoms with Gasteiger partial charge in [0.05, 0.1) is 60.0 Å². The first-order valence-corrected chi connectivity index (χ1v) is 12.4. The van der Waals surface area contributed by atoms with Crippen LogP contribution in [0.5, 0.6) is 0 Å². The first kappa shape index (κ1) is 23.7. The summed E-state index contributed by atoms with van der Waals surface area (Å²) in [7, 11) is 0. The van der Waals surface area contributed by atoms with Crippen molar-refractivity contribution in [2.75, 3.05) is 39.5 Å². The Balaban J connectivity index is 1.31. The van der Waals surface area contributed by atoms with Gasteiger partial charge in [0, 0.05) is 36.7 Å². The molecule has 0 spiro atoms. The Morgan fingerprint density at radius 3 is 2.54 bits per heavy atom. The highest BCUT2D eigenvalue weighted by Gasteiger charge is 2.43. The van der Waals surface area contributed by atoms with Crippen molar-refractivity contribution in [2.24, 2.45) is 5.41 Å². The molecule has 37 heavy (non-hydrogen) atoms. The van der Waals surface area contributed by atoms with Crippen LogP contribution in [0.3, 0.4) is 0 Å². The minimum absolute atomic E-state index is 0.0244. The van der Waals surface area contributed by atoms with Crippen LogP contribution in [-0.2, 0) is 19.0 Å². The summed E-state index contributed by atoms with van der Waals surface area (Å²) in [6.07, 6.45) is 2.61. The maximum absolute atomic E-state index is 13.2. The number of hydrogen-bond acceptors (Lipinski definition) is 8. The van der Waals surface area contributed by atoms with E-state index in [9.17, 15) is 4.79 Å². The monoisotopic (exact) mass is 500 g/mol. The van der Waals surface area contributed by atoms with E-state index in [2.05, 4.69) is 15.0 Å². The smallest absolute Gasteiger partial charge is 0.233 e. The molecule has 2 fully saturated rings. The van der Waals surface area contributed by atoms with E-state index in [0.717, 1.165) is 33.7 Å². The zero-order valence-corrected chi connectivity index (χ0v) is 20.8. The van der Waals surface area contributed by atoms with Crippen molar-refractivity contribution in [1.29, 1.82) is 0 Å². The van der Waals surface area contributed by atoms with Gasteiger partial charge < -0.3 is 24.1 Å². The number of aromatic amines is 1. The number of benzene rings is 1. The molecule has 1 N–H and O–H groups in total. The Kier molecular flexibility index (Phi) is 6.15. The van der Waals surface area contributed by atoms with Crippen LogP contribution in [-0.4, -0.2) is 75.2 Å². The van der Waals surface area contributed by atoms with E-state index < -0.39 is 11.7 Å². The number of rotatable bonds is 4. The van der Waals surface area contributed by atoms with Crippen molar-refractivity contribution in [3.05, 3.63) is 60.3 Å². The van der Waals surface area contributed by atoms with E-state index in [4.69, 9.17) is 24.2 Å². The largest absolute Gasteiger partial charge is 0.378 e. The second-order valence-corrected chi connectivity index (χ2v) is 9.69. The number of pyridine rings is 1. The van der Waals surface area contributed by atoms with Gasteiger partial charge in [-0.2, -0.15) is 0 Å². The lowest BCUT2D eigenvalue weighted by Gasteiger charge is -2.39. The lowest BCUT2D eigenvalue weighted by Crippen LogP contribution is -2.53. The summed E-state index contributed by atoms with van der Waals surface area (Å²) in [6.45, 7) is 6.57. The third kappa shape index (κ3) is 4.59. The third-order valence-electron chi connectivity index (χ3n) is 6.75. The van der Waals surface area contributed by atoms with Gasteiger partial charge >= 0.3 is 0 Å². The average Bonchev–Trinajstić information content (AvgIpc) is 3.39. The van der Waals surface area contributed by atoms with Crippen molar-refractivity contribution in [2.45, 2.75) is 20.1 Å². The zero-order chi connectivity index (χ0) is 25.4. The minimum Gasteiger partial charge on any atom is -0.378 e. The van der Waals surface area contributed by atoms with Gasteiger partial charge in [-0.3, -0.25) is 19.7 Å². The fourth-order valence-electron chi connectivity index (χ4n) is 4.73. The molecule has 0 aliphatic carbocycles. The Labute approximate surface area is 214 Å². The van der Waals surface area contributed by atoms with E-state index in [0.29, 0.717) is 37.8 Å². The zero-order valence-electron chi connectivity index (χ0n) is 20.8. The van der Waals surface area contributed by atoms with Gasteiger partial charge in [0.25, 0.3) is 0 Å². The van der Waals surface area contributed by atoms with Crippen LogP contribution in [0.4, 0.5) is 0 Å². The summed E-state index contributed by atoms with van der Waals surface area (Å²) in [5, 5.41) is 0. The Bertz CT molecular complexity index is 1440. The maximum atomic E-state index is 13.2. The molecule has 4 aromatic rings. The summed E-state index contributed by atoms with van der Waals surface area (Å²) in [4.78, 5) is 36.8. The maximum Gasteiger partial charge on any atom is 0.233 e. The van der Waals surface area contributed by atoms with E-state index >= 15 is 0 Å². The summed E-state index contributed by atoms with van der Waals surface area (Å²) in [5.74, 6) is 0.546. The van der Waals surface area contributed by atoms with Crippen LogP contribution in [0.2, 0.25) is 0 Å². The molecule has 0 saturated carbocycles. The molecule has 0 atom stereocenters. The summed E-state index contributed by atoms with van der Waals surface area (Å²) >= 11 is 0. The summed E-state index contributed by atoms with van der Waals surface area (Å²) < 4.78 is 17.6. The van der Waals surface area contributed by atoms with Crippen molar-refractivity contribution in [3.8, 4) is 22.6 Å². The predicted molar refractivity (Wildman–Crippen MR) is 135 cm³/mol. The van der Waals surface area contributed by atoms with Gasteiger partial charge in [-0.05, 0) is 38.1 Å². The van der Waals surface area contributed by atoms with Crippen molar-refractivity contribution >= 4 is 16.9 Å². The molecule has 5 heterocycles. The first-order valence-electron chi connectivity index (χ1n) is 12.4. The highest BCUT2D eigenvalue weighted by atomic mass is 16.7. The topological polar surface area (TPSA) is 115 Å². The molecule has 6 rings (SSSR count). The van der Waals surface area contributed by atoms with Crippen LogP contribution in [0, 0.1) is 12.3 Å². The van der Waals surface area contributed by atoms with Crippen LogP contribution in [0.1, 0.15) is 24.7 Å². The van der Waals surface area contributed by atoms with Crippen molar-refractivity contribution in [1.82, 2.24) is 29.8 Å². The molecular weight excluding hydrogens is 472 g/mol. The highest BCUT2D eigenvalue weighted by molar-refractivity contribution is 5.85. The number of H-pyrrole nitrogens is 1. The van der Waals surface area contributed by atoms with Crippen LogP contribution >= 0.6 is 0 Å². The number of carbonyl (C=O) groups is 1. The number of imidazole rings is 1. The molecule has 1 aromatic carbocycles. The fraction of sp³-hybridized carbons (Fsp3) is 0.370. The standard InChI is InChI=1S/C27H28N6O4/c1-17-4-3-5-20(30-17)23-22(18-6-7-19-21(14-18)29-9-8-28-19)31-24(32-23)25-36-15-27(2,16-37-25)26(34)33-10-12-35-13-11-33/h3-9,14,25H,10-13,15-16H2,1-2H3,(H,31,32). The number of nitrogens with zero attached hydrogens (tertiary/aromatic N) is 5. The van der Waals surface area contributed by atoms with Gasteiger partial charge in [0.2, 0.25) is 12.2 Å². The van der Waals surface area contributed by atoms with Gasteiger partial charge in [-0.25, -0.2) is 4.98 Å². The van der Waals surface area contributed by atoms with Crippen molar-refractivity contribution in [3.63, 3.8) is 0 Å². The number of carbonyl (C=O) groups excluding carboxylic acids is 1. The SMILES string of the molecule is Cc1cccc(-c2[nH]c(C3OCC(C)(C(=O)N4CCOCC4)CO3)nc2-c2ccc3nccnc3c2)n1. The summed E-state index contributed by atoms with van der Waals surface area (Å²) in [5.41, 5.74) is 4.81. The number of aryl methyl sites for hydroxylation is 1. The molecule has 0 unspecified atom stereocenters. The van der Waals surface area contributed by atoms with E-state index in [1.54, 1.807) is 12.4 Å². The first-order chi connectivity index (χ1) is 18.0. The second kappa shape index (κ2) is 9.62. The Morgan fingerprint density at radius 1 is 1.03 bits per heavy atom.